The number of thiophene rings is 1. The maximum atomic E-state index is 13.1. The van der Waals surface area contributed by atoms with E-state index in [0.717, 1.165) is 16.0 Å². The smallest absolute Gasteiger partial charge is 0.348 e. The van der Waals surface area contributed by atoms with Crippen LogP contribution in [0, 0.1) is 11.6 Å². The molecule has 0 unspecified atom stereocenters. The van der Waals surface area contributed by atoms with E-state index in [2.05, 4.69) is 5.32 Å². The van der Waals surface area contributed by atoms with Gasteiger partial charge in [0.1, 0.15) is 16.5 Å². The standard InChI is InChI=1S/C17H11F2NO3S/c18-11-1-4-13(5-2-11)20-16(21)9-23-17(22)15-8-10-7-12(19)3-6-14(10)24-15/h1-8H,9H2,(H,20,21). The van der Waals surface area contributed by atoms with Gasteiger partial charge in [-0.1, -0.05) is 0 Å². The molecule has 3 aromatic rings. The Morgan fingerprint density at radius 2 is 1.71 bits per heavy atom. The van der Waals surface area contributed by atoms with E-state index in [1.807, 2.05) is 0 Å². The van der Waals surface area contributed by atoms with Gasteiger partial charge in [0.15, 0.2) is 6.61 Å². The fourth-order valence-electron chi connectivity index (χ4n) is 2.05. The zero-order valence-electron chi connectivity index (χ0n) is 12.2. The minimum absolute atomic E-state index is 0.283. The molecule has 0 radical (unpaired) electrons. The van der Waals surface area contributed by atoms with Crippen molar-refractivity contribution in [3.05, 3.63) is 65.0 Å². The van der Waals surface area contributed by atoms with E-state index in [1.165, 1.54) is 42.5 Å². The third kappa shape index (κ3) is 3.75. The summed E-state index contributed by atoms with van der Waals surface area (Å²) in [5, 5.41) is 3.08. The fourth-order valence-corrected chi connectivity index (χ4v) is 2.98. The first-order valence-electron chi connectivity index (χ1n) is 6.93. The van der Waals surface area contributed by atoms with Crippen molar-refractivity contribution in [3.8, 4) is 0 Å². The quantitative estimate of drug-likeness (QED) is 0.727. The minimum Gasteiger partial charge on any atom is -0.451 e. The summed E-state index contributed by atoms with van der Waals surface area (Å²) < 4.78 is 31.6. The number of rotatable bonds is 4. The molecule has 0 atom stereocenters. The largest absolute Gasteiger partial charge is 0.451 e. The molecular formula is C17H11F2NO3S. The summed E-state index contributed by atoms with van der Waals surface area (Å²) in [4.78, 5) is 24.0. The molecule has 1 N–H and O–H groups in total. The number of carbonyl (C=O) groups is 2. The Labute approximate surface area is 139 Å². The maximum absolute atomic E-state index is 13.1. The van der Waals surface area contributed by atoms with Crippen LogP contribution in [0.1, 0.15) is 9.67 Å². The van der Waals surface area contributed by atoms with Crippen LogP contribution < -0.4 is 5.32 Å². The van der Waals surface area contributed by atoms with Crippen LogP contribution in [-0.4, -0.2) is 18.5 Å². The average Bonchev–Trinajstić information content (AvgIpc) is 2.98. The summed E-state index contributed by atoms with van der Waals surface area (Å²) in [6.07, 6.45) is 0. The molecule has 0 aliphatic carbocycles. The molecule has 1 amide bonds. The summed E-state index contributed by atoms with van der Waals surface area (Å²) >= 11 is 1.16. The van der Waals surface area contributed by atoms with Gasteiger partial charge in [-0.2, -0.15) is 0 Å². The number of benzene rings is 2. The molecule has 4 nitrogen and oxygen atoms in total. The number of anilines is 1. The second kappa shape index (κ2) is 6.76. The van der Waals surface area contributed by atoms with E-state index in [4.69, 9.17) is 4.74 Å². The fraction of sp³-hybridized carbons (Fsp3) is 0.0588. The number of esters is 1. The van der Waals surface area contributed by atoms with Crippen molar-refractivity contribution in [1.82, 2.24) is 0 Å². The average molecular weight is 347 g/mol. The number of halogens is 2. The summed E-state index contributed by atoms with van der Waals surface area (Å²) in [6, 6.07) is 10.9. The third-order valence-electron chi connectivity index (χ3n) is 3.14. The van der Waals surface area contributed by atoms with E-state index >= 15 is 0 Å². The predicted octanol–water partition coefficient (Wildman–Crippen LogP) is 3.98. The highest BCUT2D eigenvalue weighted by Gasteiger charge is 2.14. The zero-order valence-corrected chi connectivity index (χ0v) is 13.0. The molecule has 0 saturated carbocycles. The lowest BCUT2D eigenvalue weighted by atomic mass is 10.2. The van der Waals surface area contributed by atoms with E-state index in [1.54, 1.807) is 6.07 Å². The number of hydrogen-bond donors (Lipinski definition) is 1. The number of fused-ring (bicyclic) bond motifs is 1. The Kier molecular flexibility index (Phi) is 4.52. The van der Waals surface area contributed by atoms with Gasteiger partial charge in [-0.25, -0.2) is 13.6 Å². The van der Waals surface area contributed by atoms with Gasteiger partial charge in [-0.15, -0.1) is 11.3 Å². The third-order valence-corrected chi connectivity index (χ3v) is 4.24. The number of nitrogens with one attached hydrogen (secondary N) is 1. The van der Waals surface area contributed by atoms with E-state index < -0.39 is 24.3 Å². The first kappa shape index (κ1) is 16.1. The van der Waals surface area contributed by atoms with Crippen LogP contribution in [0.25, 0.3) is 10.1 Å². The van der Waals surface area contributed by atoms with Gasteiger partial charge in [0, 0.05) is 10.4 Å². The maximum Gasteiger partial charge on any atom is 0.348 e. The highest BCUT2D eigenvalue weighted by atomic mass is 32.1. The molecule has 1 heterocycles. The number of ether oxygens (including phenoxy) is 1. The van der Waals surface area contributed by atoms with Crippen molar-refractivity contribution in [2.75, 3.05) is 11.9 Å². The van der Waals surface area contributed by atoms with Gasteiger partial charge >= 0.3 is 5.97 Å². The normalized spacial score (nSPS) is 10.6. The first-order valence-corrected chi connectivity index (χ1v) is 7.74. The van der Waals surface area contributed by atoms with Crippen molar-refractivity contribution < 1.29 is 23.1 Å². The lowest BCUT2D eigenvalue weighted by Gasteiger charge is -2.05. The summed E-state index contributed by atoms with van der Waals surface area (Å²) in [5.41, 5.74) is 0.398. The van der Waals surface area contributed by atoms with E-state index in [-0.39, 0.29) is 10.7 Å². The van der Waals surface area contributed by atoms with E-state index in [9.17, 15) is 18.4 Å². The molecule has 0 spiro atoms. The van der Waals surface area contributed by atoms with Crippen molar-refractivity contribution in [2.24, 2.45) is 0 Å². The Hall–Kier alpha value is -2.80. The van der Waals surface area contributed by atoms with Gasteiger partial charge in [0.25, 0.3) is 5.91 Å². The number of carbonyl (C=O) groups excluding carboxylic acids is 2. The zero-order chi connectivity index (χ0) is 17.1. The van der Waals surface area contributed by atoms with Crippen molar-refractivity contribution in [1.29, 1.82) is 0 Å². The lowest BCUT2D eigenvalue weighted by molar-refractivity contribution is -0.119. The molecule has 1 aromatic heterocycles. The minimum atomic E-state index is -0.661. The topological polar surface area (TPSA) is 55.4 Å². The molecule has 2 aromatic carbocycles. The number of amides is 1. The van der Waals surface area contributed by atoms with Crippen LogP contribution in [0.15, 0.2) is 48.5 Å². The van der Waals surface area contributed by atoms with Crippen LogP contribution in [-0.2, 0) is 9.53 Å². The molecule has 0 fully saturated rings. The van der Waals surface area contributed by atoms with Crippen LogP contribution in [0.2, 0.25) is 0 Å². The predicted molar refractivity (Wildman–Crippen MR) is 87.1 cm³/mol. The first-order chi connectivity index (χ1) is 11.5. The second-order valence-corrected chi connectivity index (χ2v) is 6.01. The summed E-state index contributed by atoms with van der Waals surface area (Å²) in [6.45, 7) is -0.473. The van der Waals surface area contributed by atoms with Gasteiger partial charge in [-0.3, -0.25) is 4.79 Å². The summed E-state index contributed by atoms with van der Waals surface area (Å²) in [5.74, 6) is -2.01. The Balaban J connectivity index is 1.59. The summed E-state index contributed by atoms with van der Waals surface area (Å²) in [7, 11) is 0. The number of hydrogen-bond acceptors (Lipinski definition) is 4. The molecule has 3 rings (SSSR count). The molecule has 0 aliphatic rings. The monoisotopic (exact) mass is 347 g/mol. The van der Waals surface area contributed by atoms with Crippen molar-refractivity contribution in [3.63, 3.8) is 0 Å². The molecule has 0 bridgehead atoms. The highest BCUT2D eigenvalue weighted by molar-refractivity contribution is 7.20. The van der Waals surface area contributed by atoms with Crippen LogP contribution in [0.4, 0.5) is 14.5 Å². The van der Waals surface area contributed by atoms with Gasteiger partial charge < -0.3 is 10.1 Å². The lowest BCUT2D eigenvalue weighted by Crippen LogP contribution is -2.20. The second-order valence-electron chi connectivity index (χ2n) is 4.92. The van der Waals surface area contributed by atoms with Crippen molar-refractivity contribution in [2.45, 2.75) is 0 Å². The van der Waals surface area contributed by atoms with Crippen LogP contribution >= 0.6 is 11.3 Å². The van der Waals surface area contributed by atoms with Gasteiger partial charge in [0.2, 0.25) is 0 Å². The molecule has 7 heteroatoms. The van der Waals surface area contributed by atoms with Gasteiger partial charge in [0.05, 0.1) is 0 Å². The molecular weight excluding hydrogens is 336 g/mol. The molecule has 122 valence electrons. The Morgan fingerprint density at radius 1 is 1.00 bits per heavy atom. The van der Waals surface area contributed by atoms with Crippen LogP contribution in [0.5, 0.6) is 0 Å². The molecule has 0 aliphatic heterocycles. The Bertz CT molecular complexity index is 906. The van der Waals surface area contributed by atoms with Gasteiger partial charge in [-0.05, 0) is 53.9 Å². The van der Waals surface area contributed by atoms with Crippen molar-refractivity contribution >= 4 is 39.0 Å². The van der Waals surface area contributed by atoms with Crippen LogP contribution in [0.3, 0.4) is 0 Å². The Morgan fingerprint density at radius 3 is 2.46 bits per heavy atom. The SMILES string of the molecule is O=C(COC(=O)c1cc2cc(F)ccc2s1)Nc1ccc(F)cc1. The highest BCUT2D eigenvalue weighted by Crippen LogP contribution is 2.26. The van der Waals surface area contributed by atoms with E-state index in [0.29, 0.717) is 11.1 Å². The molecule has 0 saturated heterocycles. The molecule has 24 heavy (non-hydrogen) atoms.